The van der Waals surface area contributed by atoms with Crippen LogP contribution in [0.2, 0.25) is 0 Å². The van der Waals surface area contributed by atoms with Gasteiger partial charge in [-0.1, -0.05) is 52.6 Å². The molecule has 0 aliphatic carbocycles. The molecule has 0 N–H and O–H groups in total. The van der Waals surface area contributed by atoms with Gasteiger partial charge in [-0.25, -0.2) is 0 Å². The summed E-state index contributed by atoms with van der Waals surface area (Å²) in [5, 5.41) is 2.21. The largest absolute Gasteiger partial charge is 0.162 e. The molecule has 0 aromatic carbocycles. The minimum atomic E-state index is 0.447. The van der Waals surface area contributed by atoms with Crippen molar-refractivity contribution in [2.75, 3.05) is 22.2 Å². The Balaban J connectivity index is 4.06. The van der Waals surface area contributed by atoms with E-state index < -0.39 is 0 Å². The zero-order chi connectivity index (χ0) is 10.3. The smallest absolute Gasteiger partial charge is 0.00987 e. The van der Waals surface area contributed by atoms with Crippen LogP contribution in [-0.4, -0.2) is 22.2 Å². The van der Waals surface area contributed by atoms with E-state index in [1.807, 2.05) is 11.8 Å². The summed E-state index contributed by atoms with van der Waals surface area (Å²) in [7, 11) is 0. The third-order valence-electron chi connectivity index (χ3n) is 2.71. The highest BCUT2D eigenvalue weighted by Crippen LogP contribution is 2.36. The number of halogens is 2. The van der Waals surface area contributed by atoms with E-state index in [1.54, 1.807) is 0 Å². The molecular formula is C10H20Br2S. The molecule has 0 amide bonds. The molecule has 0 radical (unpaired) electrons. The number of hydrogen-bond donors (Lipinski definition) is 0. The van der Waals surface area contributed by atoms with Gasteiger partial charge in [-0.2, -0.15) is 11.8 Å². The average molecular weight is 332 g/mol. The minimum absolute atomic E-state index is 0.447. The van der Waals surface area contributed by atoms with Gasteiger partial charge in [0, 0.05) is 10.7 Å². The third-order valence-corrected chi connectivity index (χ3v) is 5.84. The van der Waals surface area contributed by atoms with Gasteiger partial charge in [-0.3, -0.25) is 0 Å². The lowest BCUT2D eigenvalue weighted by atomic mass is 9.79. The highest BCUT2D eigenvalue weighted by molar-refractivity contribution is 9.09. The zero-order valence-electron chi connectivity index (χ0n) is 8.78. The van der Waals surface area contributed by atoms with Gasteiger partial charge < -0.3 is 0 Å². The molecule has 0 rings (SSSR count). The normalized spacial score (nSPS) is 12.5. The highest BCUT2D eigenvalue weighted by atomic mass is 79.9. The van der Waals surface area contributed by atoms with Gasteiger partial charge in [0.2, 0.25) is 0 Å². The van der Waals surface area contributed by atoms with Crippen LogP contribution in [0.5, 0.6) is 0 Å². The summed E-state index contributed by atoms with van der Waals surface area (Å²) in [6, 6.07) is 0. The number of alkyl halides is 2. The molecule has 0 unspecified atom stereocenters. The quantitative estimate of drug-likeness (QED) is 0.486. The van der Waals surface area contributed by atoms with E-state index in [9.17, 15) is 0 Å². The van der Waals surface area contributed by atoms with E-state index in [-0.39, 0.29) is 0 Å². The predicted octanol–water partition coefficient (Wildman–Crippen LogP) is 4.56. The van der Waals surface area contributed by atoms with Crippen LogP contribution in [0.3, 0.4) is 0 Å². The van der Waals surface area contributed by atoms with E-state index in [4.69, 9.17) is 0 Å². The first-order chi connectivity index (χ1) is 6.13. The van der Waals surface area contributed by atoms with Crippen molar-refractivity contribution in [1.82, 2.24) is 0 Å². The average Bonchev–Trinajstić information content (AvgIpc) is 2.13. The number of hydrogen-bond acceptors (Lipinski definition) is 1. The van der Waals surface area contributed by atoms with Crippen LogP contribution >= 0.6 is 43.6 Å². The fraction of sp³-hybridized carbons (Fsp3) is 1.00. The molecule has 0 nitrogen and oxygen atoms in total. The molecule has 0 spiro atoms. The lowest BCUT2D eigenvalue weighted by Crippen LogP contribution is -2.31. The lowest BCUT2D eigenvalue weighted by molar-refractivity contribution is 0.262. The molecule has 0 saturated heterocycles. The van der Waals surface area contributed by atoms with Crippen molar-refractivity contribution in [2.45, 2.75) is 27.2 Å². The van der Waals surface area contributed by atoms with E-state index >= 15 is 0 Å². The van der Waals surface area contributed by atoms with Gasteiger partial charge in [-0.05, 0) is 29.3 Å². The van der Waals surface area contributed by atoms with Crippen molar-refractivity contribution >= 4 is 43.6 Å². The van der Waals surface area contributed by atoms with Gasteiger partial charge >= 0.3 is 0 Å². The molecule has 0 atom stereocenters. The summed E-state index contributed by atoms with van der Waals surface area (Å²) in [5.41, 5.74) is 0.447. The summed E-state index contributed by atoms with van der Waals surface area (Å²) in [5.74, 6) is 3.26. The summed E-state index contributed by atoms with van der Waals surface area (Å²) in [6.07, 6.45) is 1.31. The molecule has 0 saturated carbocycles. The molecule has 0 aromatic rings. The first kappa shape index (κ1) is 14.3. The van der Waals surface area contributed by atoms with Gasteiger partial charge in [-0.15, -0.1) is 0 Å². The van der Waals surface area contributed by atoms with Gasteiger partial charge in [0.25, 0.3) is 0 Å². The van der Waals surface area contributed by atoms with Crippen molar-refractivity contribution in [3.8, 4) is 0 Å². The Morgan fingerprint density at radius 1 is 1.23 bits per heavy atom. The predicted molar refractivity (Wildman–Crippen MR) is 72.5 cm³/mol. The number of thioether (sulfide) groups is 1. The van der Waals surface area contributed by atoms with E-state index in [1.165, 1.54) is 17.9 Å². The molecule has 0 fully saturated rings. The van der Waals surface area contributed by atoms with Crippen LogP contribution in [0.4, 0.5) is 0 Å². The first-order valence-electron chi connectivity index (χ1n) is 4.82. The van der Waals surface area contributed by atoms with Crippen molar-refractivity contribution in [2.24, 2.45) is 11.3 Å². The summed E-state index contributed by atoms with van der Waals surface area (Å²) >= 11 is 9.33. The molecule has 0 aliphatic rings. The second-order valence-electron chi connectivity index (χ2n) is 3.73. The summed E-state index contributed by atoms with van der Waals surface area (Å²) in [4.78, 5) is 0. The van der Waals surface area contributed by atoms with Crippen LogP contribution < -0.4 is 0 Å². The highest BCUT2D eigenvalue weighted by Gasteiger charge is 2.30. The molecule has 0 bridgehead atoms. The van der Waals surface area contributed by atoms with E-state index in [2.05, 4.69) is 52.6 Å². The molecule has 3 heteroatoms. The third kappa shape index (κ3) is 4.57. The SMILES string of the molecule is CCSCCC(CBr)(CBr)C(C)C. The van der Waals surface area contributed by atoms with E-state index in [0.29, 0.717) is 5.41 Å². The summed E-state index contributed by atoms with van der Waals surface area (Å²) in [6.45, 7) is 6.86. The molecule has 0 aromatic heterocycles. The van der Waals surface area contributed by atoms with Gasteiger partial charge in [0.1, 0.15) is 0 Å². The molecule has 80 valence electrons. The second kappa shape index (κ2) is 7.58. The molecule has 13 heavy (non-hydrogen) atoms. The van der Waals surface area contributed by atoms with Crippen LogP contribution in [0.1, 0.15) is 27.2 Å². The van der Waals surface area contributed by atoms with Crippen LogP contribution in [0, 0.1) is 11.3 Å². The second-order valence-corrected chi connectivity index (χ2v) is 6.25. The first-order valence-corrected chi connectivity index (χ1v) is 8.22. The van der Waals surface area contributed by atoms with Gasteiger partial charge in [0.15, 0.2) is 0 Å². The van der Waals surface area contributed by atoms with E-state index in [0.717, 1.165) is 16.6 Å². The maximum Gasteiger partial charge on any atom is 0.00987 e. The van der Waals surface area contributed by atoms with Crippen molar-refractivity contribution in [3.05, 3.63) is 0 Å². The Morgan fingerprint density at radius 3 is 2.08 bits per heavy atom. The Kier molecular flexibility index (Phi) is 8.35. The lowest BCUT2D eigenvalue weighted by Gasteiger charge is -2.34. The van der Waals surface area contributed by atoms with Crippen molar-refractivity contribution in [3.63, 3.8) is 0 Å². The van der Waals surface area contributed by atoms with Crippen LogP contribution in [-0.2, 0) is 0 Å². The van der Waals surface area contributed by atoms with Gasteiger partial charge in [0.05, 0.1) is 0 Å². The zero-order valence-corrected chi connectivity index (χ0v) is 12.8. The standard InChI is InChI=1S/C10H20Br2S/c1-4-13-6-5-10(7-11,8-12)9(2)3/h9H,4-8H2,1-3H3. The minimum Gasteiger partial charge on any atom is -0.162 e. The number of rotatable bonds is 7. The van der Waals surface area contributed by atoms with Crippen LogP contribution in [0.15, 0.2) is 0 Å². The molecule has 0 heterocycles. The Morgan fingerprint density at radius 2 is 1.77 bits per heavy atom. The topological polar surface area (TPSA) is 0 Å². The maximum atomic E-state index is 3.65. The van der Waals surface area contributed by atoms with Crippen LogP contribution in [0.25, 0.3) is 0 Å². The fourth-order valence-corrected chi connectivity index (χ4v) is 4.81. The molecular weight excluding hydrogens is 312 g/mol. The fourth-order valence-electron chi connectivity index (χ4n) is 1.19. The maximum absolute atomic E-state index is 3.65. The van der Waals surface area contributed by atoms with Crippen molar-refractivity contribution in [1.29, 1.82) is 0 Å². The summed E-state index contributed by atoms with van der Waals surface area (Å²) < 4.78 is 0. The Labute approximate surface area is 104 Å². The van der Waals surface area contributed by atoms with Crippen molar-refractivity contribution < 1.29 is 0 Å². The monoisotopic (exact) mass is 330 g/mol. The molecule has 0 aliphatic heterocycles. The Bertz CT molecular complexity index is 122. The Hall–Kier alpha value is 1.31.